The summed E-state index contributed by atoms with van der Waals surface area (Å²) >= 11 is 5.25. The Morgan fingerprint density at radius 3 is 2.57 bits per heavy atom. The van der Waals surface area contributed by atoms with Crippen molar-refractivity contribution in [2.24, 2.45) is 16.4 Å². The maximum Gasteiger partial charge on any atom is 0.187 e. The maximum absolute atomic E-state index is 5.56. The fraction of sp³-hybridized carbons (Fsp3) is 0.875. The van der Waals surface area contributed by atoms with Gasteiger partial charge in [-0.05, 0) is 62.1 Å². The Labute approximate surface area is 134 Å². The summed E-state index contributed by atoms with van der Waals surface area (Å²) in [6.07, 6.45) is 7.23. The second kappa shape index (κ2) is 7.54. The monoisotopic (exact) mass is 311 g/mol. The van der Waals surface area contributed by atoms with Crippen LogP contribution in [0.2, 0.25) is 0 Å². The lowest BCUT2D eigenvalue weighted by atomic mass is 9.72. The normalized spacial score (nSPS) is 26.5. The van der Waals surface area contributed by atoms with Crippen LogP contribution in [0.3, 0.4) is 0 Å². The molecule has 2 N–H and O–H groups in total. The van der Waals surface area contributed by atoms with E-state index in [1.807, 2.05) is 0 Å². The number of hydrogen-bond acceptors (Lipinski definition) is 3. The number of rotatable bonds is 3. The highest BCUT2D eigenvalue weighted by atomic mass is 32.1. The van der Waals surface area contributed by atoms with Gasteiger partial charge in [-0.3, -0.25) is 5.43 Å². The van der Waals surface area contributed by atoms with Crippen LogP contribution in [0.25, 0.3) is 0 Å². The van der Waals surface area contributed by atoms with E-state index in [0.717, 1.165) is 44.8 Å². The van der Waals surface area contributed by atoms with Gasteiger partial charge in [-0.15, -0.1) is 0 Å². The Balaban J connectivity index is 1.66. The van der Waals surface area contributed by atoms with E-state index in [-0.39, 0.29) is 0 Å². The molecule has 1 heterocycles. The van der Waals surface area contributed by atoms with E-state index in [2.05, 4.69) is 36.6 Å². The fourth-order valence-electron chi connectivity index (χ4n) is 3.11. The minimum Gasteiger partial charge on any atom is -0.376 e. The average Bonchev–Trinajstić information content (AvgIpc) is 2.95. The van der Waals surface area contributed by atoms with Gasteiger partial charge in [-0.1, -0.05) is 20.8 Å². The first-order valence-electron chi connectivity index (χ1n) is 8.16. The summed E-state index contributed by atoms with van der Waals surface area (Å²) in [6, 6.07) is 0. The van der Waals surface area contributed by atoms with Crippen molar-refractivity contribution in [3.8, 4) is 0 Å². The lowest BCUT2D eigenvalue weighted by Crippen LogP contribution is -2.38. The summed E-state index contributed by atoms with van der Waals surface area (Å²) in [7, 11) is 0. The highest BCUT2D eigenvalue weighted by molar-refractivity contribution is 7.80. The molecule has 4 nitrogen and oxygen atoms in total. The molecule has 120 valence electrons. The predicted octanol–water partition coefficient (Wildman–Crippen LogP) is 3.22. The summed E-state index contributed by atoms with van der Waals surface area (Å²) < 4.78 is 5.56. The van der Waals surface area contributed by atoms with Crippen LogP contribution < -0.4 is 10.7 Å². The van der Waals surface area contributed by atoms with Crippen LogP contribution in [0.4, 0.5) is 0 Å². The Kier molecular flexibility index (Phi) is 5.99. The van der Waals surface area contributed by atoms with Gasteiger partial charge in [0.1, 0.15) is 0 Å². The van der Waals surface area contributed by atoms with E-state index in [0.29, 0.717) is 16.6 Å². The van der Waals surface area contributed by atoms with Crippen LogP contribution in [-0.2, 0) is 4.74 Å². The molecule has 0 bridgehead atoms. The lowest BCUT2D eigenvalue weighted by molar-refractivity contribution is 0.114. The van der Waals surface area contributed by atoms with Gasteiger partial charge >= 0.3 is 0 Å². The Morgan fingerprint density at radius 1 is 1.29 bits per heavy atom. The summed E-state index contributed by atoms with van der Waals surface area (Å²) in [6.45, 7) is 8.67. The lowest BCUT2D eigenvalue weighted by Gasteiger charge is -2.34. The molecule has 1 saturated carbocycles. The molecule has 21 heavy (non-hydrogen) atoms. The van der Waals surface area contributed by atoms with E-state index in [4.69, 9.17) is 17.0 Å². The van der Waals surface area contributed by atoms with E-state index in [9.17, 15) is 0 Å². The number of hydrazone groups is 1. The molecule has 0 spiro atoms. The van der Waals surface area contributed by atoms with Crippen LogP contribution in [-0.4, -0.2) is 30.1 Å². The molecule has 1 aliphatic heterocycles. The third-order valence-electron chi connectivity index (χ3n) is 4.62. The van der Waals surface area contributed by atoms with Crippen molar-refractivity contribution in [1.29, 1.82) is 0 Å². The molecule has 0 aromatic carbocycles. The fourth-order valence-corrected chi connectivity index (χ4v) is 3.24. The molecule has 1 aliphatic carbocycles. The summed E-state index contributed by atoms with van der Waals surface area (Å²) in [5.74, 6) is 0.807. The molecule has 0 aromatic rings. The number of thiocarbonyl (C=S) groups is 1. The van der Waals surface area contributed by atoms with Crippen molar-refractivity contribution >= 4 is 23.0 Å². The van der Waals surface area contributed by atoms with Crippen molar-refractivity contribution in [2.45, 2.75) is 65.4 Å². The first-order chi connectivity index (χ1) is 9.95. The van der Waals surface area contributed by atoms with E-state index in [1.165, 1.54) is 18.6 Å². The molecule has 0 radical (unpaired) electrons. The standard InChI is InChI=1S/C16H29N3OS/c1-16(2,3)12-6-8-13(9-7-12)18-19-15(21)17-11-14-5-4-10-20-14/h12,14H,4-11H2,1-3H3,(H2,17,19,21)/t12?,14-/m0/s1. The molecule has 2 fully saturated rings. The largest absolute Gasteiger partial charge is 0.376 e. The Hall–Kier alpha value is -0.680. The van der Waals surface area contributed by atoms with E-state index >= 15 is 0 Å². The van der Waals surface area contributed by atoms with Crippen molar-refractivity contribution in [1.82, 2.24) is 10.7 Å². The minimum absolute atomic E-state index is 0.305. The zero-order chi connectivity index (χ0) is 15.3. The maximum atomic E-state index is 5.56. The number of nitrogens with zero attached hydrogens (tertiary/aromatic N) is 1. The zero-order valence-electron chi connectivity index (χ0n) is 13.6. The van der Waals surface area contributed by atoms with Gasteiger partial charge in [0.2, 0.25) is 0 Å². The van der Waals surface area contributed by atoms with Crippen molar-refractivity contribution in [3.05, 3.63) is 0 Å². The average molecular weight is 311 g/mol. The van der Waals surface area contributed by atoms with E-state index < -0.39 is 0 Å². The van der Waals surface area contributed by atoms with Crippen LogP contribution in [0.15, 0.2) is 5.10 Å². The van der Waals surface area contributed by atoms with Gasteiger partial charge in [0.05, 0.1) is 6.10 Å². The quantitative estimate of drug-likeness (QED) is 0.620. The van der Waals surface area contributed by atoms with Gasteiger partial charge in [-0.25, -0.2) is 0 Å². The highest BCUT2D eigenvalue weighted by Crippen LogP contribution is 2.36. The van der Waals surface area contributed by atoms with Gasteiger partial charge in [0.15, 0.2) is 5.11 Å². The molecule has 0 aromatic heterocycles. The number of nitrogens with one attached hydrogen (secondary N) is 2. The number of ether oxygens (including phenoxy) is 1. The predicted molar refractivity (Wildman–Crippen MR) is 91.6 cm³/mol. The van der Waals surface area contributed by atoms with Gasteiger partial charge in [0.25, 0.3) is 0 Å². The van der Waals surface area contributed by atoms with Gasteiger partial charge in [0, 0.05) is 18.9 Å². The van der Waals surface area contributed by atoms with Crippen LogP contribution >= 0.6 is 12.2 Å². The molecule has 0 unspecified atom stereocenters. The van der Waals surface area contributed by atoms with Crippen molar-refractivity contribution in [3.63, 3.8) is 0 Å². The van der Waals surface area contributed by atoms with Gasteiger partial charge < -0.3 is 10.1 Å². The smallest absolute Gasteiger partial charge is 0.187 e. The van der Waals surface area contributed by atoms with Crippen molar-refractivity contribution in [2.75, 3.05) is 13.2 Å². The first kappa shape index (κ1) is 16.7. The summed E-state index contributed by atoms with van der Waals surface area (Å²) in [5, 5.41) is 8.26. The molecular weight excluding hydrogens is 282 g/mol. The highest BCUT2D eigenvalue weighted by Gasteiger charge is 2.28. The second-order valence-corrected chi connectivity index (χ2v) is 7.68. The summed E-state index contributed by atoms with van der Waals surface area (Å²) in [5.41, 5.74) is 4.64. The molecule has 1 atom stereocenters. The van der Waals surface area contributed by atoms with Gasteiger partial charge in [-0.2, -0.15) is 5.10 Å². The Bertz CT molecular complexity index is 373. The molecule has 2 aliphatic rings. The van der Waals surface area contributed by atoms with Crippen LogP contribution in [0.1, 0.15) is 59.3 Å². The van der Waals surface area contributed by atoms with Crippen LogP contribution in [0.5, 0.6) is 0 Å². The molecule has 1 saturated heterocycles. The van der Waals surface area contributed by atoms with Crippen molar-refractivity contribution < 1.29 is 4.74 Å². The molecule has 0 amide bonds. The van der Waals surface area contributed by atoms with E-state index in [1.54, 1.807) is 0 Å². The minimum atomic E-state index is 0.305. The van der Waals surface area contributed by atoms with Crippen LogP contribution in [0, 0.1) is 11.3 Å². The Morgan fingerprint density at radius 2 is 2.00 bits per heavy atom. The molecule has 2 rings (SSSR count). The third kappa shape index (κ3) is 5.55. The second-order valence-electron chi connectivity index (χ2n) is 7.28. The zero-order valence-corrected chi connectivity index (χ0v) is 14.4. The number of hydrogen-bond donors (Lipinski definition) is 2. The molecule has 5 heteroatoms. The topological polar surface area (TPSA) is 45.7 Å². The molecular formula is C16H29N3OS. The first-order valence-corrected chi connectivity index (χ1v) is 8.57. The summed E-state index contributed by atoms with van der Waals surface area (Å²) in [4.78, 5) is 0. The third-order valence-corrected chi connectivity index (χ3v) is 4.85. The SMILES string of the molecule is CC(C)(C)C1CCC(=NNC(=S)NC[C@@H]2CCCO2)CC1.